The summed E-state index contributed by atoms with van der Waals surface area (Å²) in [5.74, 6) is 1.36. The van der Waals surface area contributed by atoms with Gasteiger partial charge in [-0.05, 0) is 54.9 Å². The summed E-state index contributed by atoms with van der Waals surface area (Å²) in [6, 6.07) is 8.16. The van der Waals surface area contributed by atoms with Gasteiger partial charge in [-0.3, -0.25) is 4.98 Å². The van der Waals surface area contributed by atoms with E-state index >= 15 is 0 Å². The highest BCUT2D eigenvalue weighted by molar-refractivity contribution is 5.70. The molecule has 2 heteroatoms. The lowest BCUT2D eigenvalue weighted by Crippen LogP contribution is -2.07. The van der Waals surface area contributed by atoms with Gasteiger partial charge < -0.3 is 0 Å². The third-order valence-electron chi connectivity index (χ3n) is 4.68. The molecule has 1 heterocycles. The summed E-state index contributed by atoms with van der Waals surface area (Å²) in [7, 11) is 0. The number of allylic oxidation sites excluding steroid dienone is 6. The van der Waals surface area contributed by atoms with Crippen molar-refractivity contribution in [2.45, 2.75) is 59.8 Å². The van der Waals surface area contributed by atoms with Gasteiger partial charge in [0.1, 0.15) is 0 Å². The third-order valence-corrected chi connectivity index (χ3v) is 4.68. The van der Waals surface area contributed by atoms with Gasteiger partial charge in [-0.15, -0.1) is 0 Å². The molecule has 0 saturated carbocycles. The van der Waals surface area contributed by atoms with Gasteiger partial charge in [0.25, 0.3) is 0 Å². The molecule has 0 saturated heterocycles. The first-order valence-corrected chi connectivity index (χ1v) is 9.54. The van der Waals surface area contributed by atoms with Crippen LogP contribution in [-0.4, -0.2) is 4.98 Å². The number of nitriles is 1. The molecule has 0 N–H and O–H groups in total. The normalized spacial score (nSPS) is 16.7. The smallest absolute Gasteiger partial charge is 0.0988 e. The Bertz CT molecular complexity index is 613. The van der Waals surface area contributed by atoms with Crippen LogP contribution in [0.1, 0.15) is 65.5 Å². The van der Waals surface area contributed by atoms with Crippen molar-refractivity contribution in [1.82, 2.24) is 4.98 Å². The standard InChI is InChI=1S/C17H18N2.C6H14/c1-2-3-4-7-15-10-9-14(13-18)12-16(15)17-8-5-6-11-19-17;1-4-6(3)5-2/h3-6,8-9,11-12,15H,2,7,10H2,1H3;6H,4-5H2,1-3H3. The second-order valence-corrected chi connectivity index (χ2v) is 6.56. The molecule has 2 nitrogen and oxygen atoms in total. The molecule has 0 fully saturated rings. The van der Waals surface area contributed by atoms with Crippen LogP contribution < -0.4 is 0 Å². The topological polar surface area (TPSA) is 36.7 Å². The minimum atomic E-state index is 0.426. The van der Waals surface area contributed by atoms with Crippen LogP contribution in [0.2, 0.25) is 0 Å². The van der Waals surface area contributed by atoms with Gasteiger partial charge in [0.05, 0.1) is 11.8 Å². The number of hydrogen-bond donors (Lipinski definition) is 0. The summed E-state index contributed by atoms with van der Waals surface area (Å²) in [4.78, 5) is 4.42. The molecule has 2 rings (SSSR count). The minimum Gasteiger partial charge on any atom is -0.257 e. The predicted molar refractivity (Wildman–Crippen MR) is 108 cm³/mol. The third kappa shape index (κ3) is 7.52. The van der Waals surface area contributed by atoms with E-state index in [-0.39, 0.29) is 0 Å². The fraction of sp³-hybridized carbons (Fsp3) is 0.478. The van der Waals surface area contributed by atoms with Gasteiger partial charge in [0, 0.05) is 11.8 Å². The van der Waals surface area contributed by atoms with Gasteiger partial charge >= 0.3 is 0 Å². The predicted octanol–water partition coefficient (Wildman–Crippen LogP) is 6.73. The lowest BCUT2D eigenvalue weighted by atomic mass is 9.84. The Morgan fingerprint density at radius 3 is 2.52 bits per heavy atom. The van der Waals surface area contributed by atoms with E-state index in [9.17, 15) is 0 Å². The van der Waals surface area contributed by atoms with Crippen molar-refractivity contribution in [1.29, 1.82) is 5.26 Å². The van der Waals surface area contributed by atoms with Crippen LogP contribution in [0, 0.1) is 23.2 Å². The summed E-state index contributed by atoms with van der Waals surface area (Å²) in [5, 5.41) is 9.06. The van der Waals surface area contributed by atoms with Crippen LogP contribution in [0.15, 0.2) is 54.3 Å². The van der Waals surface area contributed by atoms with Gasteiger partial charge in [0.2, 0.25) is 0 Å². The summed E-state index contributed by atoms with van der Waals surface area (Å²) < 4.78 is 0. The van der Waals surface area contributed by atoms with Crippen molar-refractivity contribution >= 4 is 5.57 Å². The molecular formula is C23H32N2. The second-order valence-electron chi connectivity index (χ2n) is 6.56. The Hall–Kier alpha value is -2.14. The lowest BCUT2D eigenvalue weighted by Gasteiger charge is -2.21. The number of rotatable bonds is 6. The number of aromatic nitrogens is 1. The zero-order valence-electron chi connectivity index (χ0n) is 16.2. The van der Waals surface area contributed by atoms with E-state index in [1.54, 1.807) is 6.20 Å². The van der Waals surface area contributed by atoms with Crippen LogP contribution in [0.25, 0.3) is 5.57 Å². The van der Waals surface area contributed by atoms with E-state index in [2.05, 4.69) is 50.9 Å². The molecular weight excluding hydrogens is 304 g/mol. The van der Waals surface area contributed by atoms with Crippen LogP contribution >= 0.6 is 0 Å². The van der Waals surface area contributed by atoms with Crippen molar-refractivity contribution in [2.24, 2.45) is 11.8 Å². The van der Waals surface area contributed by atoms with Crippen molar-refractivity contribution in [3.05, 3.63) is 60.0 Å². The maximum Gasteiger partial charge on any atom is 0.0988 e. The quantitative estimate of drug-likeness (QED) is 0.540. The molecule has 1 unspecified atom stereocenters. The summed E-state index contributed by atoms with van der Waals surface area (Å²) in [6.45, 7) is 8.88. The molecule has 1 aliphatic rings. The molecule has 25 heavy (non-hydrogen) atoms. The highest BCUT2D eigenvalue weighted by atomic mass is 14.7. The lowest BCUT2D eigenvalue weighted by molar-refractivity contribution is 0.544. The van der Waals surface area contributed by atoms with E-state index in [0.29, 0.717) is 5.92 Å². The Morgan fingerprint density at radius 2 is 2.00 bits per heavy atom. The summed E-state index contributed by atoms with van der Waals surface area (Å²) in [5.41, 5.74) is 2.91. The van der Waals surface area contributed by atoms with Crippen molar-refractivity contribution < 1.29 is 0 Å². The fourth-order valence-corrected chi connectivity index (χ4v) is 2.57. The Balaban J connectivity index is 0.000000450. The highest BCUT2D eigenvalue weighted by Gasteiger charge is 2.19. The molecule has 134 valence electrons. The van der Waals surface area contributed by atoms with Gasteiger partial charge in [-0.1, -0.05) is 64.8 Å². The van der Waals surface area contributed by atoms with Crippen molar-refractivity contribution in [3.8, 4) is 6.07 Å². The molecule has 0 spiro atoms. The molecule has 0 bridgehead atoms. The first kappa shape index (κ1) is 20.9. The van der Waals surface area contributed by atoms with E-state index < -0.39 is 0 Å². The molecule has 1 aromatic heterocycles. The fourth-order valence-electron chi connectivity index (χ4n) is 2.57. The van der Waals surface area contributed by atoms with Crippen LogP contribution in [0.3, 0.4) is 0 Å². The van der Waals surface area contributed by atoms with E-state index in [1.165, 1.54) is 18.4 Å². The Morgan fingerprint density at radius 1 is 1.24 bits per heavy atom. The maximum atomic E-state index is 9.06. The average Bonchev–Trinajstić information content (AvgIpc) is 2.68. The van der Waals surface area contributed by atoms with Crippen LogP contribution in [0.4, 0.5) is 0 Å². The first-order valence-electron chi connectivity index (χ1n) is 9.54. The zero-order valence-corrected chi connectivity index (χ0v) is 16.2. The van der Waals surface area contributed by atoms with Crippen LogP contribution in [-0.2, 0) is 0 Å². The molecule has 0 aliphatic heterocycles. The van der Waals surface area contributed by atoms with Crippen molar-refractivity contribution in [3.63, 3.8) is 0 Å². The maximum absolute atomic E-state index is 9.06. The molecule has 1 aromatic rings. The molecule has 1 aliphatic carbocycles. The van der Waals surface area contributed by atoms with Gasteiger partial charge in [0.15, 0.2) is 0 Å². The SMILES string of the molecule is CCC(C)CC.CCC=CCC1CC=C(C#N)C=C1c1ccccn1. The number of pyridine rings is 1. The van der Waals surface area contributed by atoms with Gasteiger partial charge in [-0.25, -0.2) is 0 Å². The van der Waals surface area contributed by atoms with E-state index in [1.807, 2.05) is 30.4 Å². The zero-order chi connectivity index (χ0) is 18.5. The highest BCUT2D eigenvalue weighted by Crippen LogP contribution is 2.33. The van der Waals surface area contributed by atoms with Crippen LogP contribution in [0.5, 0.6) is 0 Å². The Labute approximate surface area is 154 Å². The van der Waals surface area contributed by atoms with E-state index in [4.69, 9.17) is 5.26 Å². The molecule has 0 aromatic carbocycles. The second kappa shape index (κ2) is 12.3. The minimum absolute atomic E-state index is 0.426. The van der Waals surface area contributed by atoms with Crippen molar-refractivity contribution in [2.75, 3.05) is 0 Å². The first-order chi connectivity index (χ1) is 12.2. The molecule has 0 radical (unpaired) electrons. The van der Waals surface area contributed by atoms with Gasteiger partial charge in [-0.2, -0.15) is 5.26 Å². The average molecular weight is 337 g/mol. The molecule has 0 amide bonds. The largest absolute Gasteiger partial charge is 0.257 e. The number of nitrogens with zero attached hydrogens (tertiary/aromatic N) is 2. The Kier molecular flexibility index (Phi) is 10.2. The monoisotopic (exact) mass is 336 g/mol. The summed E-state index contributed by atoms with van der Waals surface area (Å²) in [6.07, 6.45) is 15.9. The molecule has 1 atom stereocenters. The summed E-state index contributed by atoms with van der Waals surface area (Å²) >= 11 is 0. The number of hydrogen-bond acceptors (Lipinski definition) is 2. The van der Waals surface area contributed by atoms with E-state index in [0.717, 1.165) is 36.4 Å².